The lowest BCUT2D eigenvalue weighted by atomic mass is 9.98. The molecule has 0 aromatic rings. The summed E-state index contributed by atoms with van der Waals surface area (Å²) in [7, 11) is -7.07. The molecular weight excluding hydrogens is 541 g/mol. The minimum absolute atomic E-state index is 0.160. The Balaban J connectivity index is 5.97. The number of alkyl halides is 13. The van der Waals surface area contributed by atoms with Crippen molar-refractivity contribution in [1.82, 2.24) is 4.31 Å². The van der Waals surface area contributed by atoms with Crippen LogP contribution in [0.4, 0.5) is 57.1 Å². The first-order valence-electron chi connectivity index (χ1n) is 8.74. The molecule has 0 radical (unpaired) electrons. The molecule has 0 aliphatic carbocycles. The Morgan fingerprint density at radius 2 is 1.09 bits per heavy atom. The average Bonchev–Trinajstić information content (AvgIpc) is 2.68. The highest BCUT2D eigenvalue weighted by atomic mass is 32.2. The Hall–Kier alpha value is -1.12. The summed E-state index contributed by atoms with van der Waals surface area (Å²) in [6, 6.07) is 0. The van der Waals surface area contributed by atoms with Crippen LogP contribution in [0.2, 0.25) is 0 Å². The fourth-order valence-corrected chi connectivity index (χ4v) is 3.51. The molecule has 0 saturated heterocycles. The Morgan fingerprint density at radius 3 is 1.47 bits per heavy atom. The zero-order valence-electron chi connectivity index (χ0n) is 16.8. The van der Waals surface area contributed by atoms with Gasteiger partial charge in [-0.25, -0.2) is 8.42 Å². The van der Waals surface area contributed by atoms with E-state index in [1.54, 1.807) is 0 Å². The quantitative estimate of drug-likeness (QED) is 0.246. The third-order valence-electron chi connectivity index (χ3n) is 4.01. The predicted molar refractivity (Wildman–Crippen MR) is 85.7 cm³/mol. The molecule has 0 aromatic carbocycles. The van der Waals surface area contributed by atoms with Gasteiger partial charge < -0.3 is 14.6 Å². The van der Waals surface area contributed by atoms with Crippen LogP contribution >= 0.6 is 0 Å². The molecule has 0 aliphatic rings. The van der Waals surface area contributed by atoms with Gasteiger partial charge in [-0.15, -0.1) is 0 Å². The van der Waals surface area contributed by atoms with Crippen molar-refractivity contribution in [2.24, 2.45) is 0 Å². The lowest BCUT2D eigenvalue weighted by Gasteiger charge is -2.40. The molecule has 20 heteroatoms. The van der Waals surface area contributed by atoms with Crippen molar-refractivity contribution in [1.29, 1.82) is 0 Å². The van der Waals surface area contributed by atoms with Gasteiger partial charge in [-0.3, -0.25) is 0 Å². The van der Waals surface area contributed by atoms with Crippen LogP contribution in [0, 0.1) is 0 Å². The van der Waals surface area contributed by atoms with Gasteiger partial charge >= 0.3 is 35.1 Å². The normalized spacial score (nSPS) is 15.3. The van der Waals surface area contributed by atoms with Crippen molar-refractivity contribution in [2.75, 3.05) is 46.1 Å². The Kier molecular flexibility index (Phi) is 10.5. The number of aliphatic hydroxyl groups excluding tert-OH is 1. The van der Waals surface area contributed by atoms with E-state index in [-0.39, 0.29) is 19.8 Å². The first-order valence-corrected chi connectivity index (χ1v) is 10.2. The number of sulfonamides is 1. The van der Waals surface area contributed by atoms with E-state index < -0.39 is 75.8 Å². The molecule has 0 atom stereocenters. The molecule has 206 valence electrons. The smallest absolute Gasteiger partial charge is 0.394 e. The van der Waals surface area contributed by atoms with Crippen molar-refractivity contribution < 1.29 is 80.1 Å². The highest BCUT2D eigenvalue weighted by Gasteiger charge is 2.92. The molecule has 0 spiro atoms. The molecule has 0 rings (SSSR count). The SMILES string of the molecule is CCN(CCOCCOCCO)S(=O)(=O)C(F)(F)C(F)(F)C(F)(F)C(F)(F)C(F)(F)C(F)(F)F. The summed E-state index contributed by atoms with van der Waals surface area (Å²) in [6.45, 7) is -3.81. The van der Waals surface area contributed by atoms with Crippen LogP contribution in [0.5, 0.6) is 0 Å². The number of hydrogen-bond acceptors (Lipinski definition) is 5. The van der Waals surface area contributed by atoms with E-state index in [0.717, 1.165) is 0 Å². The highest BCUT2D eigenvalue weighted by molar-refractivity contribution is 7.90. The summed E-state index contributed by atoms with van der Waals surface area (Å²) in [4.78, 5) is 0. The van der Waals surface area contributed by atoms with Crippen LogP contribution in [0.25, 0.3) is 0 Å². The number of halogens is 13. The number of aliphatic hydroxyl groups is 1. The van der Waals surface area contributed by atoms with Crippen molar-refractivity contribution in [2.45, 2.75) is 42.0 Å². The molecule has 1 N–H and O–H groups in total. The number of nitrogens with zero attached hydrogens (tertiary/aromatic N) is 1. The summed E-state index contributed by atoms with van der Waals surface area (Å²) in [5, 5.41) is 1.14. The van der Waals surface area contributed by atoms with E-state index in [1.807, 2.05) is 0 Å². The van der Waals surface area contributed by atoms with E-state index in [4.69, 9.17) is 5.11 Å². The summed E-state index contributed by atoms with van der Waals surface area (Å²) in [6.07, 6.45) is -7.60. The summed E-state index contributed by atoms with van der Waals surface area (Å²) in [5.74, 6) is -32.3. The molecule has 6 nitrogen and oxygen atoms in total. The van der Waals surface area contributed by atoms with Crippen molar-refractivity contribution in [3.8, 4) is 0 Å². The maximum Gasteiger partial charge on any atom is 0.460 e. The molecular formula is C14H18F13NO5S. The van der Waals surface area contributed by atoms with Crippen molar-refractivity contribution in [3.63, 3.8) is 0 Å². The molecule has 0 saturated carbocycles. The van der Waals surface area contributed by atoms with Gasteiger partial charge in [-0.1, -0.05) is 6.92 Å². The summed E-state index contributed by atoms with van der Waals surface area (Å²) < 4.78 is 204. The fourth-order valence-electron chi connectivity index (χ4n) is 2.08. The van der Waals surface area contributed by atoms with Gasteiger partial charge in [0.15, 0.2) is 0 Å². The summed E-state index contributed by atoms with van der Waals surface area (Å²) >= 11 is 0. The topological polar surface area (TPSA) is 76.1 Å². The number of ether oxygens (including phenoxy) is 2. The Bertz CT molecular complexity index is 758. The van der Waals surface area contributed by atoms with Crippen LogP contribution in [-0.2, 0) is 19.5 Å². The third-order valence-corrected chi connectivity index (χ3v) is 6.04. The molecule has 0 fully saturated rings. The maximum absolute atomic E-state index is 14.0. The maximum atomic E-state index is 14.0. The fraction of sp³-hybridized carbons (Fsp3) is 1.00. The minimum atomic E-state index is -8.21. The van der Waals surface area contributed by atoms with Gasteiger partial charge in [0.05, 0.1) is 33.0 Å². The predicted octanol–water partition coefficient (Wildman–Crippen LogP) is 3.36. The van der Waals surface area contributed by atoms with Crippen LogP contribution in [0.15, 0.2) is 0 Å². The zero-order chi connectivity index (χ0) is 27.4. The number of hydrogen-bond donors (Lipinski definition) is 1. The van der Waals surface area contributed by atoms with Gasteiger partial charge in [0.1, 0.15) is 0 Å². The van der Waals surface area contributed by atoms with E-state index >= 15 is 0 Å². The van der Waals surface area contributed by atoms with Crippen molar-refractivity contribution in [3.05, 3.63) is 0 Å². The largest absolute Gasteiger partial charge is 0.460 e. The molecule has 0 aliphatic heterocycles. The van der Waals surface area contributed by atoms with Gasteiger partial charge in [-0.2, -0.15) is 61.4 Å². The van der Waals surface area contributed by atoms with Crippen LogP contribution in [0.3, 0.4) is 0 Å². The van der Waals surface area contributed by atoms with Crippen LogP contribution in [0.1, 0.15) is 6.92 Å². The first-order chi connectivity index (χ1) is 15.0. The molecule has 0 amide bonds. The average molecular weight is 559 g/mol. The monoisotopic (exact) mass is 559 g/mol. The van der Waals surface area contributed by atoms with Crippen LogP contribution < -0.4 is 0 Å². The van der Waals surface area contributed by atoms with Gasteiger partial charge in [0, 0.05) is 13.1 Å². The molecule has 0 bridgehead atoms. The lowest BCUT2D eigenvalue weighted by Crippen LogP contribution is -2.71. The van der Waals surface area contributed by atoms with E-state index in [1.165, 1.54) is 0 Å². The second-order valence-corrected chi connectivity index (χ2v) is 8.24. The zero-order valence-corrected chi connectivity index (χ0v) is 17.6. The summed E-state index contributed by atoms with van der Waals surface area (Å²) in [5.41, 5.74) is 0. The van der Waals surface area contributed by atoms with Crippen LogP contribution in [-0.4, -0.2) is 99.1 Å². The van der Waals surface area contributed by atoms with E-state index in [2.05, 4.69) is 9.47 Å². The molecule has 0 aromatic heterocycles. The highest BCUT2D eigenvalue weighted by Crippen LogP contribution is 2.61. The van der Waals surface area contributed by atoms with Gasteiger partial charge in [0.25, 0.3) is 10.0 Å². The molecule has 34 heavy (non-hydrogen) atoms. The third kappa shape index (κ3) is 5.65. The van der Waals surface area contributed by atoms with E-state index in [9.17, 15) is 65.5 Å². The van der Waals surface area contributed by atoms with E-state index in [0.29, 0.717) is 6.92 Å². The number of rotatable bonds is 15. The van der Waals surface area contributed by atoms with Crippen molar-refractivity contribution >= 4 is 10.0 Å². The van der Waals surface area contributed by atoms with Gasteiger partial charge in [-0.05, 0) is 0 Å². The number of likely N-dealkylation sites (N-methyl/N-ethyl adjacent to an activating group) is 1. The Labute approximate surface area is 183 Å². The first kappa shape index (κ1) is 32.9. The molecule has 0 heterocycles. The van der Waals surface area contributed by atoms with Gasteiger partial charge in [0.2, 0.25) is 0 Å². The Morgan fingerprint density at radius 1 is 0.676 bits per heavy atom. The second kappa shape index (κ2) is 10.9. The standard InChI is InChI=1S/C14H18F13NO5S/c1-2-28(3-5-32-7-8-33-6-4-29)34(30,31)14(26,27)12(21,22)10(17,18)9(15,16)11(19,20)13(23,24)25/h29H,2-8H2,1H3. The lowest BCUT2D eigenvalue weighted by molar-refractivity contribution is -0.433. The minimum Gasteiger partial charge on any atom is -0.394 e. The molecule has 0 unspecified atom stereocenters. The second-order valence-electron chi connectivity index (χ2n) is 6.26.